The number of nitrogens with one attached hydrogen (secondary N) is 1. The highest BCUT2D eigenvalue weighted by atomic mass is 16.5. The Morgan fingerprint density at radius 2 is 1.90 bits per heavy atom. The molecule has 30 heavy (non-hydrogen) atoms. The van der Waals surface area contributed by atoms with Crippen LogP contribution in [0.3, 0.4) is 0 Å². The summed E-state index contributed by atoms with van der Waals surface area (Å²) in [7, 11) is 0. The number of nitrogens with zero attached hydrogens (tertiary/aromatic N) is 3. The lowest BCUT2D eigenvalue weighted by atomic mass is 10.1. The molecule has 6 nitrogen and oxygen atoms in total. The molecule has 2 aromatic heterocycles. The fraction of sp³-hybridized carbons (Fsp3) is 0.292. The molecular weight excluding hydrogens is 376 g/mol. The van der Waals surface area contributed by atoms with Crippen molar-refractivity contribution in [1.82, 2.24) is 20.0 Å². The van der Waals surface area contributed by atoms with Crippen molar-refractivity contribution in [2.45, 2.75) is 32.1 Å². The van der Waals surface area contributed by atoms with Gasteiger partial charge in [0.15, 0.2) is 0 Å². The Kier molecular flexibility index (Phi) is 5.05. The van der Waals surface area contributed by atoms with Crippen LogP contribution in [-0.2, 0) is 12.8 Å². The van der Waals surface area contributed by atoms with E-state index < -0.39 is 0 Å². The minimum atomic E-state index is 0.0830. The fourth-order valence-corrected chi connectivity index (χ4v) is 4.12. The molecule has 0 radical (unpaired) electrons. The Labute approximate surface area is 174 Å². The van der Waals surface area contributed by atoms with Gasteiger partial charge in [-0.05, 0) is 49.4 Å². The van der Waals surface area contributed by atoms with Crippen LogP contribution in [0.15, 0.2) is 59.3 Å². The molecule has 3 heterocycles. The van der Waals surface area contributed by atoms with Gasteiger partial charge < -0.3 is 14.4 Å². The van der Waals surface area contributed by atoms with Gasteiger partial charge in [-0.1, -0.05) is 35.5 Å². The summed E-state index contributed by atoms with van der Waals surface area (Å²) in [6, 6.07) is 15.8. The van der Waals surface area contributed by atoms with Crippen molar-refractivity contribution < 1.29 is 9.32 Å². The number of aromatic nitrogens is 3. The SMILES string of the molecule is O=C(c1cccc(-c2noc(CCc3c[nH]c4ccccc34)n2)c1)N1CCCCC1. The topological polar surface area (TPSA) is 75.0 Å². The first-order valence-electron chi connectivity index (χ1n) is 10.6. The smallest absolute Gasteiger partial charge is 0.253 e. The Morgan fingerprint density at radius 3 is 2.80 bits per heavy atom. The van der Waals surface area contributed by atoms with E-state index in [1.807, 2.05) is 47.5 Å². The standard InChI is InChI=1S/C24H24N4O2/c29-24(28-13-4-1-5-14-28)18-8-6-7-17(15-18)23-26-22(30-27-23)12-11-19-16-25-21-10-3-2-9-20(19)21/h2-3,6-10,15-16,25H,1,4-5,11-14H2. The fourth-order valence-electron chi connectivity index (χ4n) is 4.12. The molecule has 0 saturated carbocycles. The van der Waals surface area contributed by atoms with Crippen molar-refractivity contribution in [3.63, 3.8) is 0 Å². The second-order valence-electron chi connectivity index (χ2n) is 7.80. The number of likely N-dealkylation sites (tertiary alicyclic amines) is 1. The van der Waals surface area contributed by atoms with E-state index in [4.69, 9.17) is 4.52 Å². The van der Waals surface area contributed by atoms with Crippen molar-refractivity contribution in [3.05, 3.63) is 71.7 Å². The highest BCUT2D eigenvalue weighted by molar-refractivity contribution is 5.95. The van der Waals surface area contributed by atoms with Gasteiger partial charge in [0.25, 0.3) is 5.91 Å². The number of carbonyl (C=O) groups excluding carboxylic acids is 1. The van der Waals surface area contributed by atoms with Crippen LogP contribution in [0.4, 0.5) is 0 Å². The molecule has 0 bridgehead atoms. The van der Waals surface area contributed by atoms with Gasteiger partial charge in [0, 0.05) is 47.7 Å². The predicted octanol–water partition coefficient (Wildman–Crippen LogP) is 4.63. The molecule has 0 unspecified atom stereocenters. The van der Waals surface area contributed by atoms with Gasteiger partial charge >= 0.3 is 0 Å². The molecule has 1 aliphatic heterocycles. The van der Waals surface area contributed by atoms with Crippen LogP contribution in [0.5, 0.6) is 0 Å². The summed E-state index contributed by atoms with van der Waals surface area (Å²) in [4.78, 5) is 22.6. The molecule has 2 aromatic carbocycles. The Morgan fingerprint density at radius 1 is 1.03 bits per heavy atom. The summed E-state index contributed by atoms with van der Waals surface area (Å²) in [6.45, 7) is 1.67. The summed E-state index contributed by atoms with van der Waals surface area (Å²) in [5, 5.41) is 5.37. The number of carbonyl (C=O) groups is 1. The number of aromatic amines is 1. The predicted molar refractivity (Wildman–Crippen MR) is 115 cm³/mol. The first-order valence-corrected chi connectivity index (χ1v) is 10.6. The Balaban J connectivity index is 1.30. The number of hydrogen-bond acceptors (Lipinski definition) is 4. The second-order valence-corrected chi connectivity index (χ2v) is 7.80. The summed E-state index contributed by atoms with van der Waals surface area (Å²) in [5.41, 5.74) is 3.85. The molecule has 4 aromatic rings. The first-order chi connectivity index (χ1) is 14.8. The minimum Gasteiger partial charge on any atom is -0.361 e. The molecule has 0 spiro atoms. The third-order valence-electron chi connectivity index (χ3n) is 5.76. The summed E-state index contributed by atoms with van der Waals surface area (Å²) < 4.78 is 5.48. The van der Waals surface area contributed by atoms with Crippen LogP contribution >= 0.6 is 0 Å². The molecule has 1 N–H and O–H groups in total. The molecule has 6 heteroatoms. The van der Waals surface area contributed by atoms with E-state index in [1.54, 1.807) is 0 Å². The number of benzene rings is 2. The summed E-state index contributed by atoms with van der Waals surface area (Å²) >= 11 is 0. The van der Waals surface area contributed by atoms with Crippen LogP contribution < -0.4 is 0 Å². The van der Waals surface area contributed by atoms with Crippen molar-refractivity contribution in [1.29, 1.82) is 0 Å². The average Bonchev–Trinajstić information content (AvgIpc) is 3.45. The molecule has 5 rings (SSSR count). The van der Waals surface area contributed by atoms with E-state index in [2.05, 4.69) is 27.3 Å². The van der Waals surface area contributed by atoms with Gasteiger partial charge in [-0.25, -0.2) is 0 Å². The van der Waals surface area contributed by atoms with E-state index in [-0.39, 0.29) is 5.91 Å². The maximum Gasteiger partial charge on any atom is 0.253 e. The van der Waals surface area contributed by atoms with Crippen LogP contribution in [0, 0.1) is 0 Å². The zero-order chi connectivity index (χ0) is 20.3. The van der Waals surface area contributed by atoms with Crippen LogP contribution in [-0.4, -0.2) is 39.0 Å². The lowest BCUT2D eigenvalue weighted by molar-refractivity contribution is 0.0724. The van der Waals surface area contributed by atoms with Gasteiger partial charge in [-0.15, -0.1) is 0 Å². The highest BCUT2D eigenvalue weighted by Gasteiger charge is 2.19. The van der Waals surface area contributed by atoms with E-state index in [0.29, 0.717) is 23.7 Å². The number of hydrogen-bond donors (Lipinski definition) is 1. The molecule has 0 atom stereocenters. The maximum absolute atomic E-state index is 12.8. The van der Waals surface area contributed by atoms with Gasteiger partial charge in [0.05, 0.1) is 0 Å². The van der Waals surface area contributed by atoms with E-state index in [1.165, 1.54) is 17.4 Å². The highest BCUT2D eigenvalue weighted by Crippen LogP contribution is 2.22. The van der Waals surface area contributed by atoms with Crippen molar-refractivity contribution in [2.75, 3.05) is 13.1 Å². The molecular formula is C24H24N4O2. The molecule has 152 valence electrons. The Bertz CT molecular complexity index is 1170. The molecule has 1 amide bonds. The van der Waals surface area contributed by atoms with E-state index in [0.717, 1.165) is 43.4 Å². The van der Waals surface area contributed by atoms with E-state index >= 15 is 0 Å². The van der Waals surface area contributed by atoms with Gasteiger partial charge in [0.1, 0.15) is 0 Å². The second kappa shape index (κ2) is 8.14. The van der Waals surface area contributed by atoms with Crippen LogP contribution in [0.25, 0.3) is 22.3 Å². The third-order valence-corrected chi connectivity index (χ3v) is 5.76. The monoisotopic (exact) mass is 400 g/mol. The van der Waals surface area contributed by atoms with E-state index in [9.17, 15) is 4.79 Å². The number of para-hydroxylation sites is 1. The Hall–Kier alpha value is -3.41. The first kappa shape index (κ1) is 18.6. The number of aryl methyl sites for hydroxylation is 2. The van der Waals surface area contributed by atoms with Crippen LogP contribution in [0.2, 0.25) is 0 Å². The van der Waals surface area contributed by atoms with Crippen molar-refractivity contribution >= 4 is 16.8 Å². The zero-order valence-electron chi connectivity index (χ0n) is 16.8. The van der Waals surface area contributed by atoms with Crippen molar-refractivity contribution in [3.8, 4) is 11.4 Å². The summed E-state index contributed by atoms with van der Waals surface area (Å²) in [6.07, 6.45) is 6.89. The largest absolute Gasteiger partial charge is 0.361 e. The molecule has 0 aliphatic carbocycles. The summed E-state index contributed by atoms with van der Waals surface area (Å²) in [5.74, 6) is 1.21. The molecule has 1 fully saturated rings. The minimum absolute atomic E-state index is 0.0830. The average molecular weight is 400 g/mol. The lowest BCUT2D eigenvalue weighted by Gasteiger charge is -2.26. The van der Waals surface area contributed by atoms with Crippen molar-refractivity contribution in [2.24, 2.45) is 0 Å². The molecule has 1 saturated heterocycles. The number of H-pyrrole nitrogens is 1. The number of piperidine rings is 1. The van der Waals surface area contributed by atoms with Crippen LogP contribution in [0.1, 0.15) is 41.1 Å². The number of amides is 1. The maximum atomic E-state index is 12.8. The van der Waals surface area contributed by atoms with Gasteiger partial charge in [0.2, 0.25) is 11.7 Å². The molecule has 1 aliphatic rings. The van der Waals surface area contributed by atoms with Gasteiger partial charge in [-0.3, -0.25) is 4.79 Å². The number of fused-ring (bicyclic) bond motifs is 1. The number of rotatable bonds is 5. The zero-order valence-corrected chi connectivity index (χ0v) is 16.8. The normalized spacial score (nSPS) is 14.3. The lowest BCUT2D eigenvalue weighted by Crippen LogP contribution is -2.35. The quantitative estimate of drug-likeness (QED) is 0.530. The third kappa shape index (κ3) is 3.73. The van der Waals surface area contributed by atoms with Gasteiger partial charge in [-0.2, -0.15) is 4.98 Å².